The Morgan fingerprint density at radius 2 is 1.05 bits per heavy atom. The number of furan rings is 1. The number of benzene rings is 10. The highest BCUT2D eigenvalue weighted by molar-refractivity contribution is 7.26. The summed E-state index contributed by atoms with van der Waals surface area (Å²) in [6, 6.07) is 80.3. The maximum absolute atomic E-state index is 7.30. The van der Waals surface area contributed by atoms with Crippen LogP contribution in [0.15, 0.2) is 217 Å². The lowest BCUT2D eigenvalue weighted by molar-refractivity contribution is 0.670. The van der Waals surface area contributed by atoms with Crippen molar-refractivity contribution in [1.82, 2.24) is 0 Å². The van der Waals surface area contributed by atoms with Gasteiger partial charge in [0.2, 0.25) is 0 Å². The zero-order valence-electron chi connectivity index (χ0n) is 42.6. The standard InChI is InChI=1S/C70H53BN2OS2/c1-3-5-20-44-32-35-49(36-33-44)73-60-43-65-53(51-29-17-19-31-64(51)75-65)39-57(60)66-67-62(41-54-50-28-16-18-30-63(50)74-68(54)66)72(59-37-34-45(21-6-4-2)38-52(59)46-22-10-7-11-23-46)61-42-56-55(40-58(61)71(67)73)69(47-24-12-8-13-25-47)76-70(56)48-26-14-9-15-27-48/h7-19,22-43H,3-6,20-21H2,1-2H3. The van der Waals surface area contributed by atoms with Crippen LogP contribution in [0.5, 0.6) is 0 Å². The van der Waals surface area contributed by atoms with Gasteiger partial charge in [0.1, 0.15) is 11.2 Å². The van der Waals surface area contributed by atoms with Gasteiger partial charge in [-0.3, -0.25) is 0 Å². The van der Waals surface area contributed by atoms with Crippen molar-refractivity contribution in [3.8, 4) is 43.1 Å². The number of hydrogen-bond donors (Lipinski definition) is 0. The van der Waals surface area contributed by atoms with Gasteiger partial charge >= 0.3 is 6.85 Å². The molecule has 3 aromatic heterocycles. The summed E-state index contributed by atoms with van der Waals surface area (Å²) in [6.07, 6.45) is 6.72. The van der Waals surface area contributed by atoms with Crippen LogP contribution in [0.2, 0.25) is 0 Å². The molecule has 0 bridgehead atoms. The first-order chi connectivity index (χ1) is 37.6. The smallest absolute Gasteiger partial charge is 0.333 e. The fraction of sp³-hybridized carbons (Fsp3) is 0.114. The van der Waals surface area contributed by atoms with Crippen LogP contribution >= 0.6 is 22.7 Å². The molecule has 0 spiro atoms. The van der Waals surface area contributed by atoms with E-state index in [-0.39, 0.29) is 6.85 Å². The van der Waals surface area contributed by atoms with E-state index < -0.39 is 0 Å². The lowest BCUT2D eigenvalue weighted by Crippen LogP contribution is -2.61. The molecule has 3 nitrogen and oxygen atoms in total. The molecule has 0 aliphatic carbocycles. The number of rotatable bonds is 11. The highest BCUT2D eigenvalue weighted by Gasteiger charge is 2.47. The fourth-order valence-electron chi connectivity index (χ4n) is 12.6. The minimum atomic E-state index is -0.230. The maximum Gasteiger partial charge on any atom is 0.333 e. The number of hydrogen-bond acceptors (Lipinski definition) is 5. The summed E-state index contributed by atoms with van der Waals surface area (Å²) in [6.45, 7) is 4.34. The first-order valence-electron chi connectivity index (χ1n) is 27.1. The summed E-state index contributed by atoms with van der Waals surface area (Å²) in [5.41, 5.74) is 20.2. The van der Waals surface area contributed by atoms with Gasteiger partial charge in [-0.15, -0.1) is 22.7 Å². The Morgan fingerprint density at radius 3 is 1.78 bits per heavy atom. The Labute approximate surface area is 452 Å². The van der Waals surface area contributed by atoms with E-state index in [1.807, 2.05) is 22.7 Å². The van der Waals surface area contributed by atoms with Crippen LogP contribution in [0.4, 0.5) is 28.4 Å². The number of unbranched alkanes of at least 4 members (excludes halogenated alkanes) is 2. The molecule has 0 N–H and O–H groups in total. The summed E-state index contributed by atoms with van der Waals surface area (Å²) in [7, 11) is 0. The first-order valence-corrected chi connectivity index (χ1v) is 28.8. The summed E-state index contributed by atoms with van der Waals surface area (Å²) < 4.78 is 9.88. The average Bonchev–Trinajstić information content (AvgIpc) is 4.22. The Balaban J connectivity index is 1.13. The average molecular weight is 1010 g/mol. The predicted molar refractivity (Wildman–Crippen MR) is 329 cm³/mol. The molecule has 10 aromatic carbocycles. The van der Waals surface area contributed by atoms with E-state index in [0.717, 1.165) is 53.3 Å². The highest BCUT2D eigenvalue weighted by Crippen LogP contribution is 2.55. The molecule has 364 valence electrons. The first kappa shape index (κ1) is 45.3. The van der Waals surface area contributed by atoms with Gasteiger partial charge in [0.15, 0.2) is 0 Å². The number of aryl methyl sites for hydroxylation is 2. The van der Waals surface area contributed by atoms with E-state index in [0.29, 0.717) is 0 Å². The second kappa shape index (κ2) is 18.3. The molecule has 5 heterocycles. The van der Waals surface area contributed by atoms with E-state index in [1.54, 1.807) is 0 Å². The number of fused-ring (bicyclic) bond motifs is 12. The normalized spacial score (nSPS) is 12.8. The minimum absolute atomic E-state index is 0.230. The Kier molecular flexibility index (Phi) is 10.9. The lowest BCUT2D eigenvalue weighted by atomic mass is 9.43. The Bertz CT molecular complexity index is 4380. The molecule has 2 aliphatic rings. The SMILES string of the molecule is CCCCc1ccc(N2B3c4cc5c(-c6ccccc6)sc(-c6ccccc6)c5cc4N(c4ccc(CCCC)cc4-c4ccccc4)c4cc5c(oc6ccccc65)c(c43)-c3cc4c(cc32)sc2ccccc24)cc1. The van der Waals surface area contributed by atoms with Gasteiger partial charge in [0.25, 0.3) is 0 Å². The molecule has 76 heavy (non-hydrogen) atoms. The van der Waals surface area contributed by atoms with Gasteiger partial charge in [-0.25, -0.2) is 0 Å². The number of para-hydroxylation sites is 1. The van der Waals surface area contributed by atoms with Crippen LogP contribution in [-0.2, 0) is 12.8 Å². The molecule has 0 saturated carbocycles. The molecule has 13 aromatic rings. The molecule has 0 radical (unpaired) electrons. The van der Waals surface area contributed by atoms with Crippen molar-refractivity contribution in [3.05, 3.63) is 223 Å². The van der Waals surface area contributed by atoms with Gasteiger partial charge in [-0.2, -0.15) is 0 Å². The van der Waals surface area contributed by atoms with E-state index in [4.69, 9.17) is 4.42 Å². The fourth-order valence-corrected chi connectivity index (χ4v) is 15.0. The van der Waals surface area contributed by atoms with E-state index in [2.05, 4.69) is 236 Å². The summed E-state index contributed by atoms with van der Waals surface area (Å²) in [5.74, 6) is 0. The van der Waals surface area contributed by atoms with Crippen molar-refractivity contribution in [2.24, 2.45) is 0 Å². The molecule has 6 heteroatoms. The summed E-state index contributed by atoms with van der Waals surface area (Å²) in [4.78, 5) is 7.91. The second-order valence-corrected chi connectivity index (χ2v) is 22.9. The van der Waals surface area contributed by atoms with E-state index in [9.17, 15) is 0 Å². The van der Waals surface area contributed by atoms with Crippen molar-refractivity contribution in [3.63, 3.8) is 0 Å². The van der Waals surface area contributed by atoms with E-state index in [1.165, 1.54) is 132 Å². The van der Waals surface area contributed by atoms with Gasteiger partial charge in [-0.1, -0.05) is 178 Å². The molecule has 0 atom stereocenters. The maximum atomic E-state index is 7.30. The van der Waals surface area contributed by atoms with Crippen LogP contribution in [-0.4, -0.2) is 6.85 Å². The lowest BCUT2D eigenvalue weighted by Gasteiger charge is -2.46. The second-order valence-electron chi connectivity index (χ2n) is 20.8. The van der Waals surface area contributed by atoms with Gasteiger partial charge in [0, 0.05) is 90.9 Å². The van der Waals surface area contributed by atoms with Crippen molar-refractivity contribution in [2.75, 3.05) is 9.71 Å². The minimum Gasteiger partial charge on any atom is -0.455 e. The summed E-state index contributed by atoms with van der Waals surface area (Å²) in [5, 5.41) is 7.33. The van der Waals surface area contributed by atoms with Gasteiger partial charge in [-0.05, 0) is 125 Å². The zero-order valence-corrected chi connectivity index (χ0v) is 44.3. The van der Waals surface area contributed by atoms with Crippen LogP contribution in [0.1, 0.15) is 50.7 Å². The van der Waals surface area contributed by atoms with Crippen molar-refractivity contribution in [1.29, 1.82) is 0 Å². The van der Waals surface area contributed by atoms with Crippen LogP contribution < -0.4 is 20.6 Å². The van der Waals surface area contributed by atoms with Crippen LogP contribution in [0.25, 0.3) is 96.0 Å². The molecule has 0 fully saturated rings. The summed E-state index contributed by atoms with van der Waals surface area (Å²) >= 11 is 3.80. The topological polar surface area (TPSA) is 19.6 Å². The molecular weight excluding hydrogens is 960 g/mol. The Hall–Kier alpha value is -8.16. The van der Waals surface area contributed by atoms with E-state index >= 15 is 0 Å². The van der Waals surface area contributed by atoms with Crippen LogP contribution in [0.3, 0.4) is 0 Å². The monoisotopic (exact) mass is 1010 g/mol. The van der Waals surface area contributed by atoms with Crippen molar-refractivity contribution < 1.29 is 4.42 Å². The number of thiophene rings is 2. The number of nitrogens with zero attached hydrogens (tertiary/aromatic N) is 2. The molecule has 0 saturated heterocycles. The largest absolute Gasteiger partial charge is 0.455 e. The van der Waals surface area contributed by atoms with Gasteiger partial charge in [0.05, 0.1) is 5.69 Å². The zero-order chi connectivity index (χ0) is 50.4. The Morgan fingerprint density at radius 1 is 0.434 bits per heavy atom. The third kappa shape index (κ3) is 7.15. The van der Waals surface area contributed by atoms with Crippen molar-refractivity contribution in [2.45, 2.75) is 52.4 Å². The molecular formula is C70H53BN2OS2. The van der Waals surface area contributed by atoms with Gasteiger partial charge < -0.3 is 14.1 Å². The third-order valence-corrected chi connectivity index (χ3v) is 18.6. The molecule has 15 rings (SSSR count). The molecule has 0 amide bonds. The number of anilines is 5. The quantitative estimate of drug-likeness (QED) is 0.120. The van der Waals surface area contributed by atoms with Crippen molar-refractivity contribution >= 4 is 122 Å². The molecule has 2 aliphatic heterocycles. The predicted octanol–water partition coefficient (Wildman–Crippen LogP) is 19.6. The highest BCUT2D eigenvalue weighted by atomic mass is 32.1. The molecule has 0 unspecified atom stereocenters. The third-order valence-electron chi connectivity index (χ3n) is 16.2. The van der Waals surface area contributed by atoms with Crippen LogP contribution in [0, 0.1) is 0 Å².